The summed E-state index contributed by atoms with van der Waals surface area (Å²) in [4.78, 5) is 39.3. The predicted molar refractivity (Wildman–Crippen MR) is 78.7 cm³/mol. The number of carbonyl (C=O) groups excluding carboxylic acids is 1. The van der Waals surface area contributed by atoms with E-state index < -0.39 is 5.69 Å². The number of Topliss-reactive ketones (excluding diaryl/α,β-unsaturated/α-hetero) is 1. The van der Waals surface area contributed by atoms with Gasteiger partial charge in [0.15, 0.2) is 5.78 Å². The molecule has 0 aromatic carbocycles. The zero-order chi connectivity index (χ0) is 14.7. The van der Waals surface area contributed by atoms with Gasteiger partial charge < -0.3 is 0 Å². The van der Waals surface area contributed by atoms with E-state index in [4.69, 9.17) is 0 Å². The Morgan fingerprint density at radius 1 is 1.25 bits per heavy atom. The molecule has 0 spiro atoms. The van der Waals surface area contributed by atoms with Crippen LogP contribution in [-0.2, 0) is 19.4 Å². The van der Waals surface area contributed by atoms with Gasteiger partial charge in [-0.3, -0.25) is 19.1 Å². The van der Waals surface area contributed by atoms with E-state index in [0.29, 0.717) is 16.9 Å². The number of ketones is 1. The summed E-state index contributed by atoms with van der Waals surface area (Å²) in [5, 5.41) is 0. The van der Waals surface area contributed by atoms with Crippen molar-refractivity contribution in [3.05, 3.63) is 54.5 Å². The van der Waals surface area contributed by atoms with E-state index in [1.54, 1.807) is 6.07 Å². The second-order valence-corrected chi connectivity index (χ2v) is 5.61. The molecule has 1 N–H and O–H groups in total. The minimum atomic E-state index is -0.548. The van der Waals surface area contributed by atoms with Crippen LogP contribution in [0.15, 0.2) is 27.9 Å². The fourth-order valence-corrected chi connectivity index (χ4v) is 2.75. The third-order valence-electron chi connectivity index (χ3n) is 3.06. The molecule has 0 aliphatic heterocycles. The van der Waals surface area contributed by atoms with E-state index in [2.05, 4.69) is 4.98 Å². The summed E-state index contributed by atoms with van der Waals surface area (Å²) in [6, 6.07) is 3.70. The molecule has 0 amide bonds. The Morgan fingerprint density at radius 2 is 2.00 bits per heavy atom. The minimum Gasteiger partial charge on any atom is -0.292 e. The predicted octanol–water partition coefficient (Wildman–Crippen LogP) is 1.61. The Kier molecular flexibility index (Phi) is 4.34. The number of carbonyl (C=O) groups is 1. The van der Waals surface area contributed by atoms with Crippen LogP contribution in [0.2, 0.25) is 0 Å². The molecule has 20 heavy (non-hydrogen) atoms. The lowest BCUT2D eigenvalue weighted by atomic mass is 10.2. The summed E-state index contributed by atoms with van der Waals surface area (Å²) in [5.41, 5.74) is -0.434. The number of H-pyrrole nitrogens is 1. The van der Waals surface area contributed by atoms with Crippen LogP contribution < -0.4 is 11.2 Å². The molecule has 2 rings (SSSR count). The van der Waals surface area contributed by atoms with Crippen molar-refractivity contribution >= 4 is 17.1 Å². The molecule has 0 radical (unpaired) electrons. The van der Waals surface area contributed by atoms with E-state index in [9.17, 15) is 14.4 Å². The maximum absolute atomic E-state index is 12.1. The molecule has 2 aromatic rings. The first-order chi connectivity index (χ1) is 9.55. The Labute approximate surface area is 119 Å². The summed E-state index contributed by atoms with van der Waals surface area (Å²) >= 11 is 1.44. The molecule has 0 saturated carbocycles. The minimum absolute atomic E-state index is 0.0493. The Balaban J connectivity index is 2.27. The number of thiophene rings is 1. The molecular weight excluding hydrogens is 276 g/mol. The average molecular weight is 292 g/mol. The largest absolute Gasteiger partial charge is 0.328 e. The zero-order valence-corrected chi connectivity index (χ0v) is 12.3. The second-order valence-electron chi connectivity index (χ2n) is 4.44. The van der Waals surface area contributed by atoms with Crippen LogP contribution in [0.4, 0.5) is 0 Å². The third kappa shape index (κ3) is 2.96. The van der Waals surface area contributed by atoms with Gasteiger partial charge in [-0.1, -0.05) is 13.8 Å². The Morgan fingerprint density at radius 3 is 2.60 bits per heavy atom. The average Bonchev–Trinajstić information content (AvgIpc) is 2.90. The van der Waals surface area contributed by atoms with Gasteiger partial charge in [0.25, 0.3) is 5.56 Å². The van der Waals surface area contributed by atoms with Crippen molar-refractivity contribution in [1.29, 1.82) is 0 Å². The lowest BCUT2D eigenvalue weighted by Crippen LogP contribution is -2.33. The maximum atomic E-state index is 12.1. The van der Waals surface area contributed by atoms with E-state index >= 15 is 0 Å². The van der Waals surface area contributed by atoms with Crippen LogP contribution in [0, 0.1) is 0 Å². The Hall–Kier alpha value is -1.95. The van der Waals surface area contributed by atoms with Crippen LogP contribution >= 0.6 is 11.3 Å². The SMILES string of the molecule is CCc1ccc(C(=O)Cn2cc(CC)c(=O)[nH]c2=O)s1. The van der Waals surface area contributed by atoms with Gasteiger partial charge in [-0.05, 0) is 25.0 Å². The monoisotopic (exact) mass is 292 g/mol. The molecule has 0 bridgehead atoms. The normalized spacial score (nSPS) is 10.7. The molecule has 5 nitrogen and oxygen atoms in total. The van der Waals surface area contributed by atoms with Crippen molar-refractivity contribution in [2.45, 2.75) is 33.2 Å². The number of aromatic nitrogens is 2. The van der Waals surface area contributed by atoms with E-state index in [-0.39, 0.29) is 17.9 Å². The zero-order valence-electron chi connectivity index (χ0n) is 11.4. The maximum Gasteiger partial charge on any atom is 0.328 e. The molecule has 0 atom stereocenters. The lowest BCUT2D eigenvalue weighted by Gasteiger charge is -2.05. The fraction of sp³-hybridized carbons (Fsp3) is 0.357. The van der Waals surface area contributed by atoms with Gasteiger partial charge in [-0.2, -0.15) is 0 Å². The molecule has 0 aliphatic rings. The molecule has 0 fully saturated rings. The third-order valence-corrected chi connectivity index (χ3v) is 4.34. The van der Waals surface area contributed by atoms with Crippen LogP contribution in [0.3, 0.4) is 0 Å². The van der Waals surface area contributed by atoms with E-state index in [1.807, 2.05) is 19.9 Å². The first-order valence-corrected chi connectivity index (χ1v) is 7.31. The number of nitrogens with zero attached hydrogens (tertiary/aromatic N) is 1. The molecular formula is C14H16N2O3S. The van der Waals surface area contributed by atoms with Crippen LogP contribution in [0.1, 0.15) is 34.0 Å². The van der Waals surface area contributed by atoms with Crippen LogP contribution in [0.5, 0.6) is 0 Å². The number of aromatic amines is 1. The van der Waals surface area contributed by atoms with Gasteiger partial charge in [0, 0.05) is 16.6 Å². The van der Waals surface area contributed by atoms with E-state index in [1.165, 1.54) is 22.1 Å². The molecule has 106 valence electrons. The number of aryl methyl sites for hydroxylation is 2. The summed E-state index contributed by atoms with van der Waals surface area (Å²) in [5.74, 6) is -0.120. The molecule has 0 unspecified atom stereocenters. The smallest absolute Gasteiger partial charge is 0.292 e. The van der Waals surface area contributed by atoms with Crippen molar-refractivity contribution in [3.63, 3.8) is 0 Å². The summed E-state index contributed by atoms with van der Waals surface area (Å²) in [7, 11) is 0. The van der Waals surface area contributed by atoms with Gasteiger partial charge in [0.2, 0.25) is 0 Å². The highest BCUT2D eigenvalue weighted by Gasteiger charge is 2.12. The number of hydrogen-bond donors (Lipinski definition) is 1. The molecule has 2 heterocycles. The molecule has 0 saturated heterocycles. The van der Waals surface area contributed by atoms with E-state index in [0.717, 1.165) is 11.3 Å². The van der Waals surface area contributed by atoms with Crippen molar-refractivity contribution < 1.29 is 4.79 Å². The molecule has 6 heteroatoms. The number of nitrogens with one attached hydrogen (secondary N) is 1. The van der Waals surface area contributed by atoms with Crippen molar-refractivity contribution in [3.8, 4) is 0 Å². The fourth-order valence-electron chi connectivity index (χ4n) is 1.87. The van der Waals surface area contributed by atoms with Crippen molar-refractivity contribution in [2.75, 3.05) is 0 Å². The van der Waals surface area contributed by atoms with Gasteiger partial charge in [-0.25, -0.2) is 4.79 Å². The van der Waals surface area contributed by atoms with Crippen molar-refractivity contribution in [2.24, 2.45) is 0 Å². The topological polar surface area (TPSA) is 71.9 Å². The van der Waals surface area contributed by atoms with Crippen LogP contribution in [0.25, 0.3) is 0 Å². The first kappa shape index (κ1) is 14.5. The quantitative estimate of drug-likeness (QED) is 0.851. The highest BCUT2D eigenvalue weighted by atomic mass is 32.1. The standard InChI is InChI=1S/C14H16N2O3S/c1-3-9-7-16(14(19)15-13(9)18)8-11(17)12-6-5-10(4-2)20-12/h5-7H,3-4,8H2,1-2H3,(H,15,18,19). The van der Waals surface area contributed by atoms with Crippen molar-refractivity contribution in [1.82, 2.24) is 9.55 Å². The van der Waals surface area contributed by atoms with Gasteiger partial charge in [-0.15, -0.1) is 11.3 Å². The Bertz CT molecular complexity index is 739. The molecule has 2 aromatic heterocycles. The number of hydrogen-bond acceptors (Lipinski definition) is 4. The van der Waals surface area contributed by atoms with Gasteiger partial charge >= 0.3 is 5.69 Å². The number of rotatable bonds is 5. The van der Waals surface area contributed by atoms with Gasteiger partial charge in [0.1, 0.15) is 0 Å². The van der Waals surface area contributed by atoms with Crippen LogP contribution in [-0.4, -0.2) is 15.3 Å². The second kappa shape index (κ2) is 6.00. The molecule has 0 aliphatic carbocycles. The highest BCUT2D eigenvalue weighted by molar-refractivity contribution is 7.14. The van der Waals surface area contributed by atoms with Gasteiger partial charge in [0.05, 0.1) is 11.4 Å². The highest BCUT2D eigenvalue weighted by Crippen LogP contribution is 2.17. The summed E-state index contributed by atoms with van der Waals surface area (Å²) in [6.07, 6.45) is 2.87. The summed E-state index contributed by atoms with van der Waals surface area (Å²) < 4.78 is 1.26. The lowest BCUT2D eigenvalue weighted by molar-refractivity contribution is 0.0974. The summed E-state index contributed by atoms with van der Waals surface area (Å²) in [6.45, 7) is 3.81. The first-order valence-electron chi connectivity index (χ1n) is 6.49.